The minimum atomic E-state index is -0.271. The van der Waals surface area contributed by atoms with Crippen LogP contribution in [0, 0.1) is 5.82 Å². The Morgan fingerprint density at radius 2 is 2.06 bits per heavy atom. The SMILES string of the molecule is C=C(C)COc1ccc(F)cc1C(=C)CC. The predicted molar refractivity (Wildman–Crippen MR) is 66.0 cm³/mol. The van der Waals surface area contributed by atoms with Crippen LogP contribution in [0.5, 0.6) is 5.75 Å². The Morgan fingerprint density at radius 3 is 2.62 bits per heavy atom. The smallest absolute Gasteiger partial charge is 0.127 e. The van der Waals surface area contributed by atoms with Crippen LogP contribution in [0.4, 0.5) is 4.39 Å². The summed E-state index contributed by atoms with van der Waals surface area (Å²) in [6.45, 7) is 12.0. The molecule has 0 N–H and O–H groups in total. The highest BCUT2D eigenvalue weighted by atomic mass is 19.1. The molecule has 0 aromatic heterocycles. The molecule has 2 heteroatoms. The van der Waals surface area contributed by atoms with E-state index in [1.54, 1.807) is 6.07 Å². The molecule has 0 unspecified atom stereocenters. The lowest BCUT2D eigenvalue weighted by Crippen LogP contribution is -2.00. The first-order valence-corrected chi connectivity index (χ1v) is 5.29. The van der Waals surface area contributed by atoms with Crippen molar-refractivity contribution in [2.24, 2.45) is 0 Å². The quantitative estimate of drug-likeness (QED) is 0.675. The number of hydrogen-bond acceptors (Lipinski definition) is 1. The topological polar surface area (TPSA) is 9.23 Å². The van der Waals surface area contributed by atoms with Crippen LogP contribution in [-0.4, -0.2) is 6.61 Å². The molecule has 0 saturated carbocycles. The summed E-state index contributed by atoms with van der Waals surface area (Å²) < 4.78 is 18.7. The van der Waals surface area contributed by atoms with Crippen molar-refractivity contribution in [2.45, 2.75) is 20.3 Å². The van der Waals surface area contributed by atoms with E-state index in [9.17, 15) is 4.39 Å². The number of hydrogen-bond donors (Lipinski definition) is 0. The Balaban J connectivity index is 2.98. The Labute approximate surface area is 96.3 Å². The Kier molecular flexibility index (Phi) is 4.29. The average molecular weight is 220 g/mol. The molecule has 1 aromatic rings. The van der Waals surface area contributed by atoms with E-state index >= 15 is 0 Å². The molecule has 16 heavy (non-hydrogen) atoms. The lowest BCUT2D eigenvalue weighted by Gasteiger charge is -2.12. The van der Waals surface area contributed by atoms with E-state index < -0.39 is 0 Å². The molecule has 0 radical (unpaired) electrons. The molecule has 0 aliphatic rings. The number of allylic oxidation sites excluding steroid dienone is 1. The largest absolute Gasteiger partial charge is 0.489 e. The van der Waals surface area contributed by atoms with Gasteiger partial charge in [-0.15, -0.1) is 0 Å². The molecule has 1 rings (SSSR count). The zero-order valence-corrected chi connectivity index (χ0v) is 9.85. The van der Waals surface area contributed by atoms with Gasteiger partial charge in [0.15, 0.2) is 0 Å². The molecule has 86 valence electrons. The van der Waals surface area contributed by atoms with Crippen molar-refractivity contribution in [3.05, 3.63) is 48.3 Å². The molecule has 0 atom stereocenters. The van der Waals surface area contributed by atoms with Crippen molar-refractivity contribution in [2.75, 3.05) is 6.61 Å². The molecule has 0 aliphatic heterocycles. The average Bonchev–Trinajstić information content (AvgIpc) is 2.26. The maximum Gasteiger partial charge on any atom is 0.127 e. The van der Waals surface area contributed by atoms with Crippen molar-refractivity contribution in [3.63, 3.8) is 0 Å². The summed E-state index contributed by atoms with van der Waals surface area (Å²) in [5, 5.41) is 0. The number of benzene rings is 1. The first kappa shape index (κ1) is 12.5. The fourth-order valence-corrected chi connectivity index (χ4v) is 1.30. The summed E-state index contributed by atoms with van der Waals surface area (Å²) in [6, 6.07) is 4.48. The van der Waals surface area contributed by atoms with Gasteiger partial charge >= 0.3 is 0 Å². The Hall–Kier alpha value is -1.57. The first-order chi connectivity index (χ1) is 7.54. The van der Waals surface area contributed by atoms with Gasteiger partial charge in [0.1, 0.15) is 18.2 Å². The molecule has 0 spiro atoms. The third-order valence-electron chi connectivity index (χ3n) is 2.22. The molecule has 0 aliphatic carbocycles. The maximum atomic E-state index is 13.1. The van der Waals surface area contributed by atoms with Gasteiger partial charge in [-0.25, -0.2) is 4.39 Å². The van der Waals surface area contributed by atoms with Gasteiger partial charge in [0.05, 0.1) is 0 Å². The van der Waals surface area contributed by atoms with Crippen molar-refractivity contribution in [1.82, 2.24) is 0 Å². The van der Waals surface area contributed by atoms with E-state index in [1.807, 2.05) is 13.8 Å². The molecule has 0 bridgehead atoms. The molecular formula is C14H17FO. The van der Waals surface area contributed by atoms with Crippen LogP contribution >= 0.6 is 0 Å². The summed E-state index contributed by atoms with van der Waals surface area (Å²) in [5.41, 5.74) is 2.54. The van der Waals surface area contributed by atoms with Crippen molar-refractivity contribution >= 4 is 5.57 Å². The lowest BCUT2D eigenvalue weighted by atomic mass is 10.0. The number of ether oxygens (including phenoxy) is 1. The van der Waals surface area contributed by atoms with Gasteiger partial charge in [0, 0.05) is 5.56 Å². The Morgan fingerprint density at radius 1 is 1.38 bits per heavy atom. The maximum absolute atomic E-state index is 13.1. The summed E-state index contributed by atoms with van der Waals surface area (Å²) in [6.07, 6.45) is 0.771. The molecule has 0 amide bonds. The number of rotatable bonds is 5. The summed E-state index contributed by atoms with van der Waals surface area (Å²) >= 11 is 0. The predicted octanol–water partition coefficient (Wildman–Crippen LogP) is 4.20. The fourth-order valence-electron chi connectivity index (χ4n) is 1.30. The first-order valence-electron chi connectivity index (χ1n) is 5.29. The van der Waals surface area contributed by atoms with Gasteiger partial charge in [0.25, 0.3) is 0 Å². The van der Waals surface area contributed by atoms with E-state index in [2.05, 4.69) is 13.2 Å². The normalized spacial score (nSPS) is 9.94. The van der Waals surface area contributed by atoms with Gasteiger partial charge in [-0.3, -0.25) is 0 Å². The zero-order valence-electron chi connectivity index (χ0n) is 9.85. The minimum absolute atomic E-state index is 0.271. The second-order valence-corrected chi connectivity index (χ2v) is 3.84. The van der Waals surface area contributed by atoms with E-state index in [4.69, 9.17) is 4.74 Å². The van der Waals surface area contributed by atoms with Crippen LogP contribution in [0.3, 0.4) is 0 Å². The molecule has 0 fully saturated rings. The highest BCUT2D eigenvalue weighted by molar-refractivity contribution is 5.68. The fraction of sp³-hybridized carbons (Fsp3) is 0.286. The van der Waals surface area contributed by atoms with E-state index in [0.717, 1.165) is 23.1 Å². The molecule has 0 saturated heterocycles. The van der Waals surface area contributed by atoms with Crippen LogP contribution in [-0.2, 0) is 0 Å². The van der Waals surface area contributed by atoms with Crippen LogP contribution in [0.1, 0.15) is 25.8 Å². The molecular weight excluding hydrogens is 203 g/mol. The van der Waals surface area contributed by atoms with Crippen molar-refractivity contribution < 1.29 is 9.13 Å². The van der Waals surface area contributed by atoms with E-state index in [1.165, 1.54) is 12.1 Å². The lowest BCUT2D eigenvalue weighted by molar-refractivity contribution is 0.351. The van der Waals surface area contributed by atoms with E-state index in [0.29, 0.717) is 12.4 Å². The second-order valence-electron chi connectivity index (χ2n) is 3.84. The van der Waals surface area contributed by atoms with Gasteiger partial charge in [-0.2, -0.15) is 0 Å². The third kappa shape index (κ3) is 3.23. The Bertz CT molecular complexity index is 407. The standard InChI is InChI=1S/C14H17FO/c1-5-11(4)13-8-12(15)6-7-14(13)16-9-10(2)3/h6-8H,2,4-5,9H2,1,3H3. The third-order valence-corrected chi connectivity index (χ3v) is 2.22. The van der Waals surface area contributed by atoms with Crippen molar-refractivity contribution in [3.8, 4) is 5.75 Å². The van der Waals surface area contributed by atoms with Crippen LogP contribution in [0.25, 0.3) is 5.57 Å². The van der Waals surface area contributed by atoms with Gasteiger partial charge in [-0.05, 0) is 42.7 Å². The van der Waals surface area contributed by atoms with Gasteiger partial charge < -0.3 is 4.74 Å². The summed E-state index contributed by atoms with van der Waals surface area (Å²) in [7, 11) is 0. The minimum Gasteiger partial charge on any atom is -0.489 e. The number of halogens is 1. The van der Waals surface area contributed by atoms with Crippen LogP contribution in [0.2, 0.25) is 0 Å². The summed E-state index contributed by atoms with van der Waals surface area (Å²) in [5.74, 6) is 0.392. The molecule has 1 aromatic carbocycles. The summed E-state index contributed by atoms with van der Waals surface area (Å²) in [4.78, 5) is 0. The highest BCUT2D eigenvalue weighted by Gasteiger charge is 2.07. The second kappa shape index (κ2) is 5.50. The highest BCUT2D eigenvalue weighted by Crippen LogP contribution is 2.28. The molecule has 1 nitrogen and oxygen atoms in total. The zero-order chi connectivity index (χ0) is 12.1. The van der Waals surface area contributed by atoms with E-state index in [-0.39, 0.29) is 5.82 Å². The molecule has 0 heterocycles. The van der Waals surface area contributed by atoms with Crippen LogP contribution < -0.4 is 4.74 Å². The van der Waals surface area contributed by atoms with Gasteiger partial charge in [0.2, 0.25) is 0 Å². The monoisotopic (exact) mass is 220 g/mol. The van der Waals surface area contributed by atoms with Gasteiger partial charge in [-0.1, -0.05) is 20.1 Å². The van der Waals surface area contributed by atoms with Crippen molar-refractivity contribution in [1.29, 1.82) is 0 Å². The van der Waals surface area contributed by atoms with Crippen LogP contribution in [0.15, 0.2) is 36.9 Å².